The fourth-order valence-corrected chi connectivity index (χ4v) is 4.90. The normalized spacial score (nSPS) is 22.9. The van der Waals surface area contributed by atoms with Gasteiger partial charge >= 0.3 is 0 Å². The van der Waals surface area contributed by atoms with Gasteiger partial charge in [-0.3, -0.25) is 18.8 Å². The fraction of sp³-hybridized carbons (Fsp3) is 0.455. The van der Waals surface area contributed by atoms with E-state index in [1.54, 1.807) is 28.8 Å². The third-order valence-corrected chi connectivity index (χ3v) is 6.56. The molecule has 2 atom stereocenters. The summed E-state index contributed by atoms with van der Waals surface area (Å²) in [5.41, 5.74) is 8.43. The zero-order valence-corrected chi connectivity index (χ0v) is 16.7. The van der Waals surface area contributed by atoms with Gasteiger partial charge < -0.3 is 16.4 Å². The molecule has 8 heteroatoms. The van der Waals surface area contributed by atoms with E-state index in [4.69, 9.17) is 5.73 Å². The zero-order valence-electron chi connectivity index (χ0n) is 16.7. The van der Waals surface area contributed by atoms with Crippen LogP contribution in [-0.4, -0.2) is 40.2 Å². The number of pyridine rings is 1. The number of primary amides is 1. The van der Waals surface area contributed by atoms with Gasteiger partial charge in [0.25, 0.3) is 5.91 Å². The SMILES string of the molecule is NC(=O)CNC(=O)Cc1cn2c(C(=O)NCC3=CC4(CC4)C4CC4C3)cccc2n1. The molecule has 1 spiro atoms. The predicted octanol–water partition coefficient (Wildman–Crippen LogP) is 0.954. The van der Waals surface area contributed by atoms with Crippen LogP contribution < -0.4 is 16.4 Å². The molecule has 5 rings (SSSR count). The highest BCUT2D eigenvalue weighted by Gasteiger charge is 2.59. The molecule has 2 aromatic rings. The molecule has 0 bridgehead atoms. The summed E-state index contributed by atoms with van der Waals surface area (Å²) in [6.45, 7) is 0.371. The molecule has 0 aliphatic heterocycles. The topological polar surface area (TPSA) is 119 Å². The van der Waals surface area contributed by atoms with E-state index in [2.05, 4.69) is 21.7 Å². The van der Waals surface area contributed by atoms with E-state index in [1.165, 1.54) is 24.8 Å². The summed E-state index contributed by atoms with van der Waals surface area (Å²) in [6.07, 6.45) is 9.17. The number of amides is 3. The smallest absolute Gasteiger partial charge is 0.268 e. The van der Waals surface area contributed by atoms with Crippen molar-refractivity contribution in [2.75, 3.05) is 13.1 Å². The third-order valence-electron chi connectivity index (χ3n) is 6.56. The number of nitrogens with zero attached hydrogens (tertiary/aromatic N) is 2. The first-order chi connectivity index (χ1) is 14.4. The monoisotopic (exact) mass is 407 g/mol. The molecule has 4 N–H and O–H groups in total. The van der Waals surface area contributed by atoms with Crippen LogP contribution in [0.25, 0.3) is 5.65 Å². The molecule has 0 saturated heterocycles. The van der Waals surface area contributed by atoms with Gasteiger partial charge in [-0.1, -0.05) is 17.7 Å². The van der Waals surface area contributed by atoms with Crippen LogP contribution in [-0.2, 0) is 16.0 Å². The maximum Gasteiger partial charge on any atom is 0.268 e. The van der Waals surface area contributed by atoms with Crippen molar-refractivity contribution in [3.05, 3.63) is 47.4 Å². The highest BCUT2D eigenvalue weighted by atomic mass is 16.2. The molecule has 8 nitrogen and oxygen atoms in total. The van der Waals surface area contributed by atoms with Crippen LogP contribution in [0.5, 0.6) is 0 Å². The summed E-state index contributed by atoms with van der Waals surface area (Å²) in [5.74, 6) is 0.612. The number of aromatic nitrogens is 2. The van der Waals surface area contributed by atoms with Crippen molar-refractivity contribution >= 4 is 23.4 Å². The van der Waals surface area contributed by atoms with Crippen LogP contribution in [0, 0.1) is 17.3 Å². The second kappa shape index (κ2) is 6.97. The van der Waals surface area contributed by atoms with Crippen LogP contribution in [0.2, 0.25) is 0 Å². The van der Waals surface area contributed by atoms with E-state index < -0.39 is 5.91 Å². The summed E-state index contributed by atoms with van der Waals surface area (Å²) in [5, 5.41) is 5.50. The Hall–Kier alpha value is -3.16. The minimum atomic E-state index is -0.602. The lowest BCUT2D eigenvalue weighted by molar-refractivity contribution is -0.124. The van der Waals surface area contributed by atoms with Crippen molar-refractivity contribution < 1.29 is 14.4 Å². The summed E-state index contributed by atoms with van der Waals surface area (Å²) in [4.78, 5) is 40.0. The molecule has 30 heavy (non-hydrogen) atoms. The van der Waals surface area contributed by atoms with Crippen LogP contribution in [0.3, 0.4) is 0 Å². The minimum Gasteiger partial charge on any atom is -0.368 e. The zero-order chi connectivity index (χ0) is 20.9. The van der Waals surface area contributed by atoms with E-state index in [0.29, 0.717) is 29.0 Å². The van der Waals surface area contributed by atoms with Crippen molar-refractivity contribution in [1.29, 1.82) is 0 Å². The number of nitrogens with two attached hydrogens (primary N) is 1. The molecular weight excluding hydrogens is 382 g/mol. The number of nitrogens with one attached hydrogen (secondary N) is 2. The van der Waals surface area contributed by atoms with Gasteiger partial charge in [0, 0.05) is 12.7 Å². The predicted molar refractivity (Wildman–Crippen MR) is 109 cm³/mol. The number of allylic oxidation sites excluding steroid dienone is 1. The maximum atomic E-state index is 12.9. The third kappa shape index (κ3) is 3.58. The van der Waals surface area contributed by atoms with Gasteiger partial charge in [0.15, 0.2) is 0 Å². The van der Waals surface area contributed by atoms with E-state index in [-0.39, 0.29) is 24.8 Å². The molecule has 2 aromatic heterocycles. The molecule has 3 aliphatic carbocycles. The standard InChI is InChI=1S/C22H25N5O3/c23-18(28)11-24-20(29)8-15-12-27-17(2-1-3-19(27)26-15)21(30)25-10-13-6-14-7-16(14)22(9-13)4-5-22/h1-3,9,12,14,16H,4-8,10-11H2,(H2,23,28)(H,24,29)(H,25,30). The Balaban J connectivity index is 1.26. The van der Waals surface area contributed by atoms with Gasteiger partial charge in [-0.25, -0.2) is 4.98 Å². The highest BCUT2D eigenvalue weighted by molar-refractivity contribution is 5.93. The number of carbonyl (C=O) groups is 3. The second-order valence-electron chi connectivity index (χ2n) is 8.82. The Bertz CT molecular complexity index is 1080. The fourth-order valence-electron chi connectivity index (χ4n) is 4.90. The van der Waals surface area contributed by atoms with Crippen molar-refractivity contribution in [3.63, 3.8) is 0 Å². The van der Waals surface area contributed by atoms with Crippen LogP contribution in [0.1, 0.15) is 41.9 Å². The Kier molecular flexibility index (Phi) is 4.38. The maximum absolute atomic E-state index is 12.9. The first-order valence-corrected chi connectivity index (χ1v) is 10.4. The summed E-state index contributed by atoms with van der Waals surface area (Å²) in [7, 11) is 0. The van der Waals surface area contributed by atoms with E-state index >= 15 is 0 Å². The van der Waals surface area contributed by atoms with E-state index in [9.17, 15) is 14.4 Å². The molecule has 2 unspecified atom stereocenters. The average Bonchev–Trinajstić information content (AvgIpc) is 3.62. The molecule has 2 saturated carbocycles. The first kappa shape index (κ1) is 18.8. The van der Waals surface area contributed by atoms with Gasteiger partial charge in [-0.15, -0.1) is 0 Å². The minimum absolute atomic E-state index is 0.00748. The average molecular weight is 407 g/mol. The Morgan fingerprint density at radius 3 is 2.83 bits per heavy atom. The van der Waals surface area contributed by atoms with Crippen LogP contribution in [0.4, 0.5) is 0 Å². The number of rotatable bonds is 7. The first-order valence-electron chi connectivity index (χ1n) is 10.4. The lowest BCUT2D eigenvalue weighted by Crippen LogP contribution is -2.34. The summed E-state index contributed by atoms with van der Waals surface area (Å²) >= 11 is 0. The molecular formula is C22H25N5O3. The van der Waals surface area contributed by atoms with Crippen LogP contribution in [0.15, 0.2) is 36.0 Å². The molecule has 0 radical (unpaired) electrons. The largest absolute Gasteiger partial charge is 0.368 e. The van der Waals surface area contributed by atoms with E-state index in [0.717, 1.165) is 18.3 Å². The van der Waals surface area contributed by atoms with Gasteiger partial charge in [-0.2, -0.15) is 0 Å². The van der Waals surface area contributed by atoms with Gasteiger partial charge in [0.1, 0.15) is 11.3 Å². The molecule has 2 heterocycles. The van der Waals surface area contributed by atoms with Gasteiger partial charge in [0.05, 0.1) is 18.7 Å². The molecule has 2 fully saturated rings. The Morgan fingerprint density at radius 2 is 2.07 bits per heavy atom. The van der Waals surface area contributed by atoms with Crippen molar-refractivity contribution in [1.82, 2.24) is 20.0 Å². The van der Waals surface area contributed by atoms with E-state index in [1.807, 2.05) is 0 Å². The lowest BCUT2D eigenvalue weighted by atomic mass is 9.88. The Morgan fingerprint density at radius 1 is 1.23 bits per heavy atom. The van der Waals surface area contributed by atoms with Crippen molar-refractivity contribution in [2.45, 2.75) is 32.1 Å². The highest BCUT2D eigenvalue weighted by Crippen LogP contribution is 2.69. The number of fused-ring (bicyclic) bond motifs is 3. The molecule has 3 amide bonds. The number of hydrogen-bond acceptors (Lipinski definition) is 4. The summed E-state index contributed by atoms with van der Waals surface area (Å²) < 4.78 is 1.70. The number of hydrogen-bond donors (Lipinski definition) is 3. The number of imidazole rings is 1. The van der Waals surface area contributed by atoms with Crippen LogP contribution >= 0.6 is 0 Å². The second-order valence-corrected chi connectivity index (χ2v) is 8.82. The molecule has 0 aromatic carbocycles. The summed E-state index contributed by atoms with van der Waals surface area (Å²) in [6, 6.07) is 5.31. The molecule has 156 valence electrons. The van der Waals surface area contributed by atoms with Crippen molar-refractivity contribution in [2.24, 2.45) is 23.0 Å². The van der Waals surface area contributed by atoms with Gasteiger partial charge in [0.2, 0.25) is 11.8 Å². The number of carbonyl (C=O) groups excluding carboxylic acids is 3. The lowest BCUT2D eigenvalue weighted by Gasteiger charge is -2.20. The Labute approximate surface area is 173 Å². The molecule has 3 aliphatic rings. The van der Waals surface area contributed by atoms with Crippen molar-refractivity contribution in [3.8, 4) is 0 Å². The van der Waals surface area contributed by atoms with Gasteiger partial charge in [-0.05, 0) is 55.1 Å². The quantitative estimate of drug-likeness (QED) is 0.592.